The Morgan fingerprint density at radius 2 is 1.93 bits per heavy atom. The zero-order chi connectivity index (χ0) is 19.3. The molecule has 1 amide bonds. The first kappa shape index (κ1) is 17.1. The summed E-state index contributed by atoms with van der Waals surface area (Å²) in [5, 5.41) is 14.9. The van der Waals surface area contributed by atoms with Crippen LogP contribution >= 0.6 is 0 Å². The van der Waals surface area contributed by atoms with Crippen LogP contribution in [0.4, 0.5) is 4.39 Å². The molecule has 0 atom stereocenters. The van der Waals surface area contributed by atoms with Gasteiger partial charge in [-0.15, -0.1) is 5.10 Å². The molecule has 3 heterocycles. The van der Waals surface area contributed by atoms with E-state index in [-0.39, 0.29) is 41.0 Å². The van der Waals surface area contributed by atoms with Crippen molar-refractivity contribution >= 4 is 16.8 Å². The lowest BCUT2D eigenvalue weighted by atomic mass is 10.2. The summed E-state index contributed by atoms with van der Waals surface area (Å²) < 4.78 is 21.1. The van der Waals surface area contributed by atoms with E-state index in [9.17, 15) is 19.1 Å². The molecular weight excluding hydrogens is 355 g/mol. The highest BCUT2D eigenvalue weighted by Crippen LogP contribution is 2.36. The Morgan fingerprint density at radius 3 is 2.59 bits per heavy atom. The minimum Gasteiger partial charge on any atom is -0.505 e. The molecule has 0 bridgehead atoms. The second-order valence-corrected chi connectivity index (χ2v) is 6.40. The predicted octanol–water partition coefficient (Wildman–Crippen LogP) is 1.19. The minimum absolute atomic E-state index is 0.0115. The fraction of sp³-hybridized carbons (Fsp3) is 0.278. The van der Waals surface area contributed by atoms with Gasteiger partial charge in [-0.1, -0.05) is 12.1 Å². The Bertz CT molecular complexity index is 1120. The largest absolute Gasteiger partial charge is 0.505 e. The zero-order valence-corrected chi connectivity index (χ0v) is 14.8. The Hall–Kier alpha value is -3.36. The number of nitrogens with zero attached hydrogens (tertiary/aromatic N) is 4. The van der Waals surface area contributed by atoms with Crippen molar-refractivity contribution in [3.05, 3.63) is 51.7 Å². The summed E-state index contributed by atoms with van der Waals surface area (Å²) in [6, 6.07) is 5.67. The van der Waals surface area contributed by atoms with Gasteiger partial charge in [-0.2, -0.15) is 0 Å². The number of carbonyl (C=O) groups is 1. The number of aromatic nitrogens is 3. The number of carbonyl (C=O) groups excluding carboxylic acids is 1. The van der Waals surface area contributed by atoms with Gasteiger partial charge < -0.3 is 19.3 Å². The zero-order valence-electron chi connectivity index (χ0n) is 14.8. The van der Waals surface area contributed by atoms with E-state index in [1.54, 1.807) is 23.7 Å². The third kappa shape index (κ3) is 2.54. The average molecular weight is 372 g/mol. The van der Waals surface area contributed by atoms with Crippen LogP contribution in [-0.2, 0) is 13.1 Å². The number of benzene rings is 1. The molecule has 9 heteroatoms. The smallest absolute Gasteiger partial charge is 0.280 e. The lowest BCUT2D eigenvalue weighted by molar-refractivity contribution is 0.0747. The van der Waals surface area contributed by atoms with Crippen molar-refractivity contribution in [2.24, 2.45) is 0 Å². The van der Waals surface area contributed by atoms with E-state index in [0.717, 1.165) is 4.68 Å². The Morgan fingerprint density at radius 1 is 1.22 bits per heavy atom. The van der Waals surface area contributed by atoms with E-state index in [1.807, 2.05) is 0 Å². The molecule has 0 unspecified atom stereocenters. The first-order valence-electron chi connectivity index (χ1n) is 8.32. The van der Waals surface area contributed by atoms with Crippen LogP contribution in [0.2, 0.25) is 0 Å². The summed E-state index contributed by atoms with van der Waals surface area (Å²) in [7, 11) is 3.04. The van der Waals surface area contributed by atoms with E-state index in [4.69, 9.17) is 4.74 Å². The number of rotatable bonds is 3. The van der Waals surface area contributed by atoms with Crippen molar-refractivity contribution in [1.29, 1.82) is 0 Å². The van der Waals surface area contributed by atoms with Crippen molar-refractivity contribution < 1.29 is 19.0 Å². The maximum absolute atomic E-state index is 13.1. The van der Waals surface area contributed by atoms with Crippen LogP contribution in [0, 0.1) is 5.82 Å². The molecule has 140 valence electrons. The standard InChI is InChI=1S/C18H17FN4O4/c1-21-7-8-22-13-12(15(24)14(22)18(21)26)17(25)23(20-16(13)27-2)9-10-3-5-11(19)6-4-10/h3-6,24H,7-9H2,1-2H3. The highest BCUT2D eigenvalue weighted by molar-refractivity contribution is 6.05. The summed E-state index contributed by atoms with van der Waals surface area (Å²) in [4.78, 5) is 26.9. The summed E-state index contributed by atoms with van der Waals surface area (Å²) >= 11 is 0. The number of ether oxygens (including phenoxy) is 1. The molecule has 3 aromatic rings. The fourth-order valence-corrected chi connectivity index (χ4v) is 3.34. The van der Waals surface area contributed by atoms with Crippen LogP contribution in [0.1, 0.15) is 16.1 Å². The summed E-state index contributed by atoms with van der Waals surface area (Å²) in [6.45, 7) is 0.921. The highest BCUT2D eigenvalue weighted by atomic mass is 19.1. The summed E-state index contributed by atoms with van der Waals surface area (Å²) in [5.74, 6) is -1.00. The van der Waals surface area contributed by atoms with E-state index < -0.39 is 5.56 Å². The van der Waals surface area contributed by atoms with Gasteiger partial charge in [0, 0.05) is 20.1 Å². The van der Waals surface area contributed by atoms with E-state index in [2.05, 4.69) is 5.10 Å². The van der Waals surface area contributed by atoms with E-state index in [0.29, 0.717) is 24.2 Å². The normalized spacial score (nSPS) is 13.9. The molecule has 0 radical (unpaired) electrons. The number of methoxy groups -OCH3 is 1. The Labute approximate surface area is 153 Å². The molecule has 0 saturated heterocycles. The molecule has 1 aliphatic heterocycles. The molecule has 8 nitrogen and oxygen atoms in total. The van der Waals surface area contributed by atoms with E-state index >= 15 is 0 Å². The van der Waals surface area contributed by atoms with Gasteiger partial charge in [-0.25, -0.2) is 9.07 Å². The average Bonchev–Trinajstić information content (AvgIpc) is 2.96. The molecule has 1 aromatic carbocycles. The monoisotopic (exact) mass is 372 g/mol. The summed E-state index contributed by atoms with van der Waals surface area (Å²) in [5.41, 5.74) is 0.457. The second-order valence-electron chi connectivity index (χ2n) is 6.40. The van der Waals surface area contributed by atoms with Crippen LogP contribution in [0.15, 0.2) is 29.1 Å². The van der Waals surface area contributed by atoms with Crippen molar-refractivity contribution in [3.8, 4) is 11.6 Å². The van der Waals surface area contributed by atoms with Crippen LogP contribution < -0.4 is 10.3 Å². The van der Waals surface area contributed by atoms with Gasteiger partial charge in [0.1, 0.15) is 16.7 Å². The topological polar surface area (TPSA) is 89.6 Å². The molecule has 1 N–H and O–H groups in total. The quantitative estimate of drug-likeness (QED) is 0.746. The van der Waals surface area contributed by atoms with Gasteiger partial charge in [0.15, 0.2) is 11.4 Å². The number of hydrogen-bond donors (Lipinski definition) is 1. The SMILES string of the molecule is COc1nn(Cc2ccc(F)cc2)c(=O)c2c(O)c3n(c12)CCN(C)C3=O. The molecule has 0 fully saturated rings. The third-order valence-electron chi connectivity index (χ3n) is 4.75. The van der Waals surface area contributed by atoms with Crippen LogP contribution in [-0.4, -0.2) is 51.0 Å². The predicted molar refractivity (Wildman–Crippen MR) is 94.7 cm³/mol. The van der Waals surface area contributed by atoms with Crippen molar-refractivity contribution in [1.82, 2.24) is 19.2 Å². The molecule has 2 aromatic heterocycles. The summed E-state index contributed by atoms with van der Waals surface area (Å²) in [6.07, 6.45) is 0. The molecule has 4 rings (SSSR count). The number of fused-ring (bicyclic) bond motifs is 3. The first-order chi connectivity index (χ1) is 12.9. The lowest BCUT2D eigenvalue weighted by Gasteiger charge is -2.24. The van der Waals surface area contributed by atoms with Crippen molar-refractivity contribution in [3.63, 3.8) is 0 Å². The van der Waals surface area contributed by atoms with Gasteiger partial charge in [0.05, 0.1) is 13.7 Å². The third-order valence-corrected chi connectivity index (χ3v) is 4.75. The van der Waals surface area contributed by atoms with Crippen LogP contribution in [0.3, 0.4) is 0 Å². The van der Waals surface area contributed by atoms with Crippen molar-refractivity contribution in [2.75, 3.05) is 20.7 Å². The molecule has 1 aliphatic rings. The van der Waals surface area contributed by atoms with Gasteiger partial charge >= 0.3 is 0 Å². The number of halogens is 1. The van der Waals surface area contributed by atoms with Gasteiger partial charge in [0.2, 0.25) is 0 Å². The molecule has 0 saturated carbocycles. The molecule has 27 heavy (non-hydrogen) atoms. The number of aromatic hydroxyl groups is 1. The highest BCUT2D eigenvalue weighted by Gasteiger charge is 2.33. The molecular formula is C18H17FN4O4. The van der Waals surface area contributed by atoms with Crippen LogP contribution in [0.5, 0.6) is 11.6 Å². The Balaban J connectivity index is 1.95. The fourth-order valence-electron chi connectivity index (χ4n) is 3.34. The first-order valence-corrected chi connectivity index (χ1v) is 8.32. The Kier molecular flexibility index (Phi) is 3.87. The number of amides is 1. The van der Waals surface area contributed by atoms with E-state index in [1.165, 1.54) is 24.1 Å². The maximum atomic E-state index is 13.1. The van der Waals surface area contributed by atoms with Crippen molar-refractivity contribution in [2.45, 2.75) is 13.1 Å². The van der Waals surface area contributed by atoms with Gasteiger partial charge in [-0.3, -0.25) is 9.59 Å². The minimum atomic E-state index is -0.551. The second kappa shape index (κ2) is 6.11. The van der Waals surface area contributed by atoms with Crippen LogP contribution in [0.25, 0.3) is 10.9 Å². The van der Waals surface area contributed by atoms with Gasteiger partial charge in [0.25, 0.3) is 17.3 Å². The number of likely N-dealkylation sites (N-methyl/N-ethyl adjacent to an activating group) is 1. The maximum Gasteiger partial charge on any atom is 0.280 e. The van der Waals surface area contributed by atoms with Gasteiger partial charge in [-0.05, 0) is 17.7 Å². The molecule has 0 aliphatic carbocycles. The number of hydrogen-bond acceptors (Lipinski definition) is 5. The lowest BCUT2D eigenvalue weighted by Crippen LogP contribution is -2.37. The molecule has 0 spiro atoms.